The van der Waals surface area contributed by atoms with Gasteiger partial charge in [-0.3, -0.25) is 9.69 Å². The maximum atomic E-state index is 12.5. The Balaban J connectivity index is 2.14. The number of ether oxygens (including phenoxy) is 1. The quantitative estimate of drug-likeness (QED) is 0.532. The lowest BCUT2D eigenvalue weighted by atomic mass is 10.1. The molecule has 2 rings (SSSR count). The zero-order valence-corrected chi connectivity index (χ0v) is 21.3. The van der Waals surface area contributed by atoms with Crippen molar-refractivity contribution in [2.24, 2.45) is 0 Å². The van der Waals surface area contributed by atoms with Crippen LogP contribution in [0.5, 0.6) is 0 Å². The van der Waals surface area contributed by atoms with Gasteiger partial charge >= 0.3 is 6.09 Å². The minimum atomic E-state index is -2.94. The van der Waals surface area contributed by atoms with Crippen molar-refractivity contribution in [2.75, 3.05) is 31.1 Å². The molecule has 0 N–H and O–H groups in total. The number of amides is 2. The molecule has 8 nitrogen and oxygen atoms in total. The van der Waals surface area contributed by atoms with Crippen molar-refractivity contribution in [2.45, 2.75) is 39.8 Å². The summed E-state index contributed by atoms with van der Waals surface area (Å²) in [7, 11) is -2.94. The van der Waals surface area contributed by atoms with E-state index in [1.807, 2.05) is 30.1 Å². The second kappa shape index (κ2) is 11.9. The molecule has 0 spiro atoms. The molecule has 0 aliphatic carbocycles. The van der Waals surface area contributed by atoms with Gasteiger partial charge in [0, 0.05) is 32.3 Å². The van der Waals surface area contributed by atoms with Crippen LogP contribution in [0.3, 0.4) is 0 Å². The lowest BCUT2D eigenvalue weighted by Gasteiger charge is -2.42. The average Bonchev–Trinajstić information content (AvgIpc) is 2.74. The summed E-state index contributed by atoms with van der Waals surface area (Å²) in [5.41, 5.74) is 1.80. The first kappa shape index (κ1) is 27.2. The third kappa shape index (κ3) is 7.21. The third-order valence-electron chi connectivity index (χ3n) is 5.44. The van der Waals surface area contributed by atoms with Crippen LogP contribution >= 0.6 is 0 Å². The van der Waals surface area contributed by atoms with Gasteiger partial charge in [-0.2, -0.15) is 0 Å². The molecule has 0 aromatic heterocycles. The minimum Gasteiger partial charge on any atom is -0.446 e. The topological polar surface area (TPSA) is 87.2 Å². The van der Waals surface area contributed by atoms with Gasteiger partial charge in [0.05, 0.1) is 35.0 Å². The fourth-order valence-electron chi connectivity index (χ4n) is 3.78. The standard InChI is InChI=1S/C25H35N3O5S/c1-7-23(26-14-16-34(31,32)17-15-26)12-10-8-9-11-13-24-21(5)27(25(30)33-19(2)3)18-20(4)28(24)22(6)29/h7-13,19-20H,1,5,14-18H2,2-4,6H3/b10-8+,11-9+,23-12+,24-13+/t20-/m0/s1. The number of sulfone groups is 1. The van der Waals surface area contributed by atoms with Gasteiger partial charge in [-0.05, 0) is 39.0 Å². The summed E-state index contributed by atoms with van der Waals surface area (Å²) in [5, 5.41) is 0. The molecule has 0 saturated carbocycles. The van der Waals surface area contributed by atoms with E-state index in [9.17, 15) is 18.0 Å². The van der Waals surface area contributed by atoms with Gasteiger partial charge in [0.1, 0.15) is 0 Å². The van der Waals surface area contributed by atoms with E-state index in [1.54, 1.807) is 43.1 Å². The number of piperazine rings is 1. The van der Waals surface area contributed by atoms with Crippen molar-refractivity contribution in [3.05, 3.63) is 72.8 Å². The van der Waals surface area contributed by atoms with Gasteiger partial charge < -0.3 is 14.5 Å². The largest absolute Gasteiger partial charge is 0.446 e. The van der Waals surface area contributed by atoms with E-state index in [1.165, 1.54) is 11.8 Å². The number of hydrogen-bond donors (Lipinski definition) is 0. The van der Waals surface area contributed by atoms with E-state index in [-0.39, 0.29) is 29.6 Å². The van der Waals surface area contributed by atoms with Crippen LogP contribution in [0.1, 0.15) is 27.7 Å². The molecule has 1 atom stereocenters. The second-order valence-corrected chi connectivity index (χ2v) is 10.8. The summed E-state index contributed by atoms with van der Waals surface area (Å²) in [4.78, 5) is 29.8. The number of allylic oxidation sites excluding steroid dienone is 7. The first-order chi connectivity index (χ1) is 16.0. The first-order valence-corrected chi connectivity index (χ1v) is 13.1. The third-order valence-corrected chi connectivity index (χ3v) is 7.05. The van der Waals surface area contributed by atoms with Gasteiger partial charge in [-0.15, -0.1) is 0 Å². The Morgan fingerprint density at radius 1 is 1.12 bits per heavy atom. The Kier molecular flexibility index (Phi) is 9.49. The number of rotatable bonds is 6. The SMILES string of the molecule is C=C\C(=C/C=C/C=C/C=C1\C(=C)N(C(=O)OC(C)C)C[C@H](C)N1C(C)=O)N1CCS(=O)(=O)CC1. The molecule has 34 heavy (non-hydrogen) atoms. The van der Waals surface area contributed by atoms with Crippen LogP contribution in [-0.2, 0) is 19.4 Å². The molecule has 0 unspecified atom stereocenters. The van der Waals surface area contributed by atoms with E-state index >= 15 is 0 Å². The van der Waals surface area contributed by atoms with Gasteiger partial charge in [-0.25, -0.2) is 13.2 Å². The summed E-state index contributed by atoms with van der Waals surface area (Å²) < 4.78 is 28.6. The molecule has 2 saturated heterocycles. The zero-order valence-electron chi connectivity index (χ0n) is 20.4. The molecule has 0 bridgehead atoms. The smallest absolute Gasteiger partial charge is 0.414 e. The van der Waals surface area contributed by atoms with Gasteiger partial charge in [0.2, 0.25) is 5.91 Å². The average molecular weight is 490 g/mol. The molecule has 2 aliphatic heterocycles. The Labute approximate surface area is 203 Å². The summed E-state index contributed by atoms with van der Waals surface area (Å²) in [5.74, 6) is 0.154. The van der Waals surface area contributed by atoms with Gasteiger partial charge in [-0.1, -0.05) is 37.5 Å². The predicted octanol–water partition coefficient (Wildman–Crippen LogP) is 3.39. The molecule has 2 fully saturated rings. The van der Waals surface area contributed by atoms with Gasteiger partial charge in [0.25, 0.3) is 0 Å². The highest BCUT2D eigenvalue weighted by molar-refractivity contribution is 7.91. The predicted molar refractivity (Wildman–Crippen MR) is 134 cm³/mol. The van der Waals surface area contributed by atoms with Crippen LogP contribution in [0.4, 0.5) is 4.79 Å². The lowest BCUT2D eigenvalue weighted by Crippen LogP contribution is -2.52. The van der Waals surface area contributed by atoms with E-state index in [0.29, 0.717) is 31.0 Å². The normalized spacial score (nSPS) is 22.8. The van der Waals surface area contributed by atoms with Gasteiger partial charge in [0.15, 0.2) is 9.84 Å². The molecule has 0 aromatic rings. The molecule has 0 aromatic carbocycles. The van der Waals surface area contributed by atoms with Crippen LogP contribution in [0, 0.1) is 0 Å². The highest BCUT2D eigenvalue weighted by Crippen LogP contribution is 2.28. The highest BCUT2D eigenvalue weighted by Gasteiger charge is 2.35. The fourth-order valence-corrected chi connectivity index (χ4v) is 4.98. The van der Waals surface area contributed by atoms with Crippen LogP contribution in [0.15, 0.2) is 72.8 Å². The Morgan fingerprint density at radius 2 is 1.74 bits per heavy atom. The Bertz CT molecular complexity index is 1020. The molecular weight excluding hydrogens is 454 g/mol. The summed E-state index contributed by atoms with van der Waals surface area (Å²) >= 11 is 0. The number of carbonyl (C=O) groups is 2. The lowest BCUT2D eigenvalue weighted by molar-refractivity contribution is -0.129. The minimum absolute atomic E-state index is 0.136. The Morgan fingerprint density at radius 3 is 2.29 bits per heavy atom. The Hall–Kier alpha value is -3.07. The molecule has 2 aliphatic rings. The van der Waals surface area contributed by atoms with E-state index in [4.69, 9.17) is 4.74 Å². The summed E-state index contributed by atoms with van der Waals surface area (Å²) in [6.45, 7) is 16.0. The van der Waals surface area contributed by atoms with Crippen LogP contribution in [0.25, 0.3) is 0 Å². The van der Waals surface area contributed by atoms with Crippen molar-refractivity contribution in [3.63, 3.8) is 0 Å². The summed E-state index contributed by atoms with van der Waals surface area (Å²) in [6, 6.07) is -0.232. The highest BCUT2D eigenvalue weighted by atomic mass is 32.2. The molecular formula is C25H35N3O5S. The van der Waals surface area contributed by atoms with Crippen LogP contribution in [-0.4, -0.2) is 78.4 Å². The molecule has 2 heterocycles. The van der Waals surface area contributed by atoms with Crippen molar-refractivity contribution >= 4 is 21.8 Å². The van der Waals surface area contributed by atoms with Crippen molar-refractivity contribution in [1.29, 1.82) is 0 Å². The van der Waals surface area contributed by atoms with E-state index in [2.05, 4.69) is 13.2 Å². The first-order valence-electron chi connectivity index (χ1n) is 11.3. The number of hydrogen-bond acceptors (Lipinski definition) is 6. The second-order valence-electron chi connectivity index (χ2n) is 8.48. The van der Waals surface area contributed by atoms with E-state index in [0.717, 1.165) is 5.70 Å². The van der Waals surface area contributed by atoms with Crippen molar-refractivity contribution in [3.8, 4) is 0 Å². The van der Waals surface area contributed by atoms with Crippen molar-refractivity contribution in [1.82, 2.24) is 14.7 Å². The maximum absolute atomic E-state index is 12.5. The van der Waals surface area contributed by atoms with Crippen LogP contribution in [0.2, 0.25) is 0 Å². The monoisotopic (exact) mass is 489 g/mol. The van der Waals surface area contributed by atoms with Crippen LogP contribution < -0.4 is 0 Å². The summed E-state index contributed by atoms with van der Waals surface area (Å²) in [6.07, 6.45) is 11.8. The number of carbonyl (C=O) groups excluding carboxylic acids is 2. The molecule has 0 radical (unpaired) electrons. The molecule has 2 amide bonds. The zero-order chi connectivity index (χ0) is 25.5. The fraction of sp³-hybridized carbons (Fsp3) is 0.440. The molecule has 9 heteroatoms. The van der Waals surface area contributed by atoms with Crippen molar-refractivity contribution < 1.29 is 22.7 Å². The number of nitrogens with zero attached hydrogens (tertiary/aromatic N) is 3. The molecule has 186 valence electrons. The van der Waals surface area contributed by atoms with E-state index < -0.39 is 15.9 Å². The maximum Gasteiger partial charge on any atom is 0.414 e.